The van der Waals surface area contributed by atoms with Gasteiger partial charge in [-0.05, 0) is 52.3 Å². The lowest BCUT2D eigenvalue weighted by atomic mass is 10.3. The van der Waals surface area contributed by atoms with Crippen molar-refractivity contribution in [3.8, 4) is 5.75 Å². The average Bonchev–Trinajstić information content (AvgIpc) is 2.80. The molecule has 0 saturated carbocycles. The molecule has 0 aliphatic rings. The molecule has 1 N–H and O–H groups in total. The van der Waals surface area contributed by atoms with Gasteiger partial charge in [0.25, 0.3) is 0 Å². The summed E-state index contributed by atoms with van der Waals surface area (Å²) in [6.07, 6.45) is 0. The molecular formula is C14H10BrClN2OS. The number of nitrogens with one attached hydrogen (secondary N) is 1. The van der Waals surface area contributed by atoms with Crippen molar-refractivity contribution in [2.45, 2.75) is 0 Å². The van der Waals surface area contributed by atoms with E-state index in [0.29, 0.717) is 5.02 Å². The minimum Gasteiger partial charge on any atom is -0.496 e. The molecule has 2 aromatic carbocycles. The van der Waals surface area contributed by atoms with Crippen molar-refractivity contribution in [2.24, 2.45) is 0 Å². The van der Waals surface area contributed by atoms with E-state index in [9.17, 15) is 0 Å². The summed E-state index contributed by atoms with van der Waals surface area (Å²) >= 11 is 11.0. The van der Waals surface area contributed by atoms with Crippen LogP contribution in [0.3, 0.4) is 0 Å². The van der Waals surface area contributed by atoms with Crippen LogP contribution < -0.4 is 10.1 Å². The Labute approximate surface area is 133 Å². The van der Waals surface area contributed by atoms with Crippen molar-refractivity contribution < 1.29 is 4.74 Å². The van der Waals surface area contributed by atoms with E-state index in [2.05, 4.69) is 26.2 Å². The lowest BCUT2D eigenvalue weighted by Crippen LogP contribution is -1.90. The van der Waals surface area contributed by atoms with E-state index in [0.717, 1.165) is 31.3 Å². The molecule has 1 heterocycles. The number of hydrogen-bond acceptors (Lipinski definition) is 4. The molecule has 0 amide bonds. The zero-order valence-electron chi connectivity index (χ0n) is 10.5. The summed E-state index contributed by atoms with van der Waals surface area (Å²) in [7, 11) is 1.64. The highest BCUT2D eigenvalue weighted by Crippen LogP contribution is 2.32. The number of anilines is 2. The minimum absolute atomic E-state index is 0.696. The maximum atomic E-state index is 5.97. The fourth-order valence-corrected chi connectivity index (χ4v) is 3.40. The van der Waals surface area contributed by atoms with Crippen LogP contribution in [-0.2, 0) is 0 Å². The first-order chi connectivity index (χ1) is 9.65. The van der Waals surface area contributed by atoms with E-state index < -0.39 is 0 Å². The summed E-state index contributed by atoms with van der Waals surface area (Å²) in [6.45, 7) is 0. The van der Waals surface area contributed by atoms with Gasteiger partial charge in [0.15, 0.2) is 5.13 Å². The summed E-state index contributed by atoms with van der Waals surface area (Å²) < 4.78 is 7.21. The molecule has 0 radical (unpaired) electrons. The summed E-state index contributed by atoms with van der Waals surface area (Å²) in [5.41, 5.74) is 1.85. The first-order valence-corrected chi connectivity index (χ1v) is 7.81. The van der Waals surface area contributed by atoms with Crippen LogP contribution >= 0.6 is 38.9 Å². The monoisotopic (exact) mass is 368 g/mol. The number of rotatable bonds is 3. The zero-order valence-corrected chi connectivity index (χ0v) is 13.6. The summed E-state index contributed by atoms with van der Waals surface area (Å²) in [4.78, 5) is 4.52. The smallest absolute Gasteiger partial charge is 0.188 e. The third-order valence-corrected chi connectivity index (χ3v) is 4.56. The highest BCUT2D eigenvalue weighted by atomic mass is 79.9. The molecule has 1 aromatic heterocycles. The molecule has 6 heteroatoms. The number of thiazole rings is 1. The van der Waals surface area contributed by atoms with E-state index in [1.807, 2.05) is 36.4 Å². The molecule has 0 bridgehead atoms. The Kier molecular flexibility index (Phi) is 3.83. The van der Waals surface area contributed by atoms with Gasteiger partial charge in [0.2, 0.25) is 0 Å². The van der Waals surface area contributed by atoms with Gasteiger partial charge in [-0.3, -0.25) is 0 Å². The number of methoxy groups -OCH3 is 1. The Bertz CT molecular complexity index is 775. The molecule has 0 saturated heterocycles. The molecule has 0 spiro atoms. The number of benzene rings is 2. The second-order valence-corrected chi connectivity index (χ2v) is 6.43. The van der Waals surface area contributed by atoms with Gasteiger partial charge in [0.1, 0.15) is 5.75 Å². The van der Waals surface area contributed by atoms with Crippen LogP contribution in [0.15, 0.2) is 40.9 Å². The van der Waals surface area contributed by atoms with Gasteiger partial charge in [-0.15, -0.1) is 0 Å². The topological polar surface area (TPSA) is 34.1 Å². The van der Waals surface area contributed by atoms with Crippen LogP contribution in [0.4, 0.5) is 10.8 Å². The normalized spacial score (nSPS) is 10.8. The fraction of sp³-hybridized carbons (Fsp3) is 0.0714. The number of halogens is 2. The van der Waals surface area contributed by atoms with E-state index in [1.54, 1.807) is 18.4 Å². The van der Waals surface area contributed by atoms with Crippen molar-refractivity contribution in [1.82, 2.24) is 4.98 Å². The van der Waals surface area contributed by atoms with Crippen LogP contribution in [-0.4, -0.2) is 12.1 Å². The fourth-order valence-electron chi connectivity index (χ4n) is 1.82. The lowest BCUT2D eigenvalue weighted by molar-refractivity contribution is 0.412. The average molecular weight is 370 g/mol. The van der Waals surface area contributed by atoms with E-state index in [-0.39, 0.29) is 0 Å². The van der Waals surface area contributed by atoms with Crippen molar-refractivity contribution in [2.75, 3.05) is 12.4 Å². The first-order valence-electron chi connectivity index (χ1n) is 5.82. The Morgan fingerprint density at radius 1 is 1.25 bits per heavy atom. The van der Waals surface area contributed by atoms with Crippen molar-refractivity contribution in [3.05, 3.63) is 45.9 Å². The molecule has 102 valence electrons. The van der Waals surface area contributed by atoms with Gasteiger partial charge in [0.05, 0.1) is 21.8 Å². The van der Waals surface area contributed by atoms with Gasteiger partial charge in [-0.2, -0.15) is 0 Å². The van der Waals surface area contributed by atoms with E-state index in [1.165, 1.54) is 0 Å². The van der Waals surface area contributed by atoms with Crippen molar-refractivity contribution in [3.63, 3.8) is 0 Å². The van der Waals surface area contributed by atoms with Gasteiger partial charge in [0, 0.05) is 10.7 Å². The van der Waals surface area contributed by atoms with Crippen molar-refractivity contribution >= 4 is 59.9 Å². The second kappa shape index (κ2) is 5.60. The number of fused-ring (bicyclic) bond motifs is 1. The number of ether oxygens (including phenoxy) is 1. The van der Waals surface area contributed by atoms with Crippen LogP contribution in [0.25, 0.3) is 10.2 Å². The predicted octanol–water partition coefficient (Wildman–Crippen LogP) is 5.46. The minimum atomic E-state index is 0.696. The van der Waals surface area contributed by atoms with Gasteiger partial charge >= 0.3 is 0 Å². The third kappa shape index (κ3) is 2.75. The molecule has 3 rings (SSSR count). The molecular weight excluding hydrogens is 360 g/mol. The number of nitrogens with zero attached hydrogens (tertiary/aromatic N) is 1. The largest absolute Gasteiger partial charge is 0.496 e. The van der Waals surface area contributed by atoms with Gasteiger partial charge in [-0.25, -0.2) is 4.98 Å². The lowest BCUT2D eigenvalue weighted by Gasteiger charge is -2.06. The van der Waals surface area contributed by atoms with E-state index >= 15 is 0 Å². The zero-order chi connectivity index (χ0) is 14.1. The van der Waals surface area contributed by atoms with Crippen LogP contribution in [0.2, 0.25) is 5.02 Å². The number of aromatic nitrogens is 1. The van der Waals surface area contributed by atoms with Crippen LogP contribution in [0.5, 0.6) is 5.75 Å². The quantitative estimate of drug-likeness (QED) is 0.665. The molecule has 3 aromatic rings. The summed E-state index contributed by atoms with van der Waals surface area (Å²) in [5.74, 6) is 0.798. The molecule has 20 heavy (non-hydrogen) atoms. The molecule has 0 unspecified atom stereocenters. The van der Waals surface area contributed by atoms with Crippen molar-refractivity contribution in [1.29, 1.82) is 0 Å². The highest BCUT2D eigenvalue weighted by Gasteiger charge is 2.06. The Morgan fingerprint density at radius 2 is 2.10 bits per heavy atom. The molecule has 0 aliphatic heterocycles. The first kappa shape index (κ1) is 13.7. The Balaban J connectivity index is 1.90. The Hall–Kier alpha value is -1.30. The molecule has 3 nitrogen and oxygen atoms in total. The highest BCUT2D eigenvalue weighted by molar-refractivity contribution is 9.10. The van der Waals surface area contributed by atoms with Gasteiger partial charge in [-0.1, -0.05) is 22.9 Å². The summed E-state index contributed by atoms with van der Waals surface area (Å²) in [6, 6.07) is 11.5. The predicted molar refractivity (Wildman–Crippen MR) is 88.6 cm³/mol. The molecule has 0 aliphatic carbocycles. The van der Waals surface area contributed by atoms with Gasteiger partial charge < -0.3 is 10.1 Å². The Morgan fingerprint density at radius 3 is 2.85 bits per heavy atom. The second-order valence-electron chi connectivity index (χ2n) is 4.11. The third-order valence-electron chi connectivity index (χ3n) is 2.75. The number of hydrogen-bond donors (Lipinski definition) is 1. The van der Waals surface area contributed by atoms with Crippen LogP contribution in [0.1, 0.15) is 0 Å². The standard InChI is InChI=1S/C14H10BrClN2OS/c1-19-12-4-3-9(7-10(12)15)17-14-18-11-6-8(16)2-5-13(11)20-14/h2-7H,1H3,(H,17,18). The van der Waals surface area contributed by atoms with E-state index in [4.69, 9.17) is 16.3 Å². The molecule has 0 fully saturated rings. The summed E-state index contributed by atoms with van der Waals surface area (Å²) in [5, 5.41) is 4.81. The molecule has 0 atom stereocenters. The van der Waals surface area contributed by atoms with Crippen LogP contribution in [0, 0.1) is 0 Å². The SMILES string of the molecule is COc1ccc(Nc2nc3cc(Cl)ccc3s2)cc1Br. The maximum absolute atomic E-state index is 5.97. The maximum Gasteiger partial charge on any atom is 0.188 e.